The molecule has 0 saturated heterocycles. The van der Waals surface area contributed by atoms with Crippen LogP contribution in [-0.2, 0) is 4.79 Å². The largest absolute Gasteiger partial charge is 0.351 e. The Morgan fingerprint density at radius 2 is 2.00 bits per heavy atom. The predicted molar refractivity (Wildman–Crippen MR) is 65.7 cm³/mol. The van der Waals surface area contributed by atoms with Crippen LogP contribution in [0, 0.1) is 5.92 Å². The van der Waals surface area contributed by atoms with Gasteiger partial charge in [-0.05, 0) is 25.0 Å². The third-order valence-electron chi connectivity index (χ3n) is 3.23. The summed E-state index contributed by atoms with van der Waals surface area (Å²) in [7, 11) is 0. The molecule has 1 amide bonds. The van der Waals surface area contributed by atoms with Gasteiger partial charge in [0.15, 0.2) is 0 Å². The first-order valence-corrected chi connectivity index (χ1v) is 6.13. The third-order valence-corrected chi connectivity index (χ3v) is 3.23. The Morgan fingerprint density at radius 1 is 1.24 bits per heavy atom. The molecule has 0 bridgehead atoms. The first-order valence-electron chi connectivity index (χ1n) is 6.13. The second-order valence-corrected chi connectivity index (χ2v) is 4.49. The summed E-state index contributed by atoms with van der Waals surface area (Å²) in [6.45, 7) is 0.479. The molecule has 3 nitrogen and oxygen atoms in total. The highest BCUT2D eigenvalue weighted by molar-refractivity contribution is 5.94. The lowest BCUT2D eigenvalue weighted by molar-refractivity contribution is -0.124. The van der Waals surface area contributed by atoms with E-state index in [1.54, 1.807) is 12.1 Å². The minimum Gasteiger partial charge on any atom is -0.351 e. The normalized spacial score (nSPS) is 20.0. The van der Waals surface area contributed by atoms with Crippen molar-refractivity contribution in [1.29, 1.82) is 0 Å². The average Bonchev–Trinajstić information content (AvgIpc) is 2.38. The molecule has 1 unspecified atom stereocenters. The van der Waals surface area contributed by atoms with Crippen LogP contribution in [0.15, 0.2) is 30.3 Å². The van der Waals surface area contributed by atoms with Gasteiger partial charge in [0.2, 0.25) is 0 Å². The van der Waals surface area contributed by atoms with Crippen molar-refractivity contribution in [1.82, 2.24) is 5.32 Å². The second-order valence-electron chi connectivity index (χ2n) is 4.49. The fraction of sp³-hybridized carbons (Fsp3) is 0.429. The Morgan fingerprint density at radius 3 is 2.71 bits per heavy atom. The molecular weight excluding hydrogens is 214 g/mol. The number of rotatable bonds is 3. The molecule has 1 aliphatic carbocycles. The van der Waals surface area contributed by atoms with Crippen LogP contribution in [0.25, 0.3) is 0 Å². The molecule has 0 spiro atoms. The summed E-state index contributed by atoms with van der Waals surface area (Å²) in [5.74, 6) is 0.227. The molecule has 17 heavy (non-hydrogen) atoms. The zero-order valence-corrected chi connectivity index (χ0v) is 9.82. The molecule has 90 valence electrons. The van der Waals surface area contributed by atoms with Gasteiger partial charge in [0.25, 0.3) is 5.91 Å². The van der Waals surface area contributed by atoms with E-state index in [1.165, 1.54) is 0 Å². The van der Waals surface area contributed by atoms with Crippen molar-refractivity contribution in [3.8, 4) is 0 Å². The maximum Gasteiger partial charge on any atom is 0.251 e. The number of hydrogen-bond acceptors (Lipinski definition) is 2. The lowest BCUT2D eigenvalue weighted by Gasteiger charge is -2.20. The van der Waals surface area contributed by atoms with Crippen LogP contribution >= 0.6 is 0 Å². The quantitative estimate of drug-likeness (QED) is 0.866. The molecule has 1 atom stereocenters. The van der Waals surface area contributed by atoms with E-state index in [2.05, 4.69) is 5.32 Å². The topological polar surface area (TPSA) is 46.2 Å². The van der Waals surface area contributed by atoms with E-state index in [9.17, 15) is 9.59 Å². The first kappa shape index (κ1) is 11.8. The minimum absolute atomic E-state index is 0.0245. The van der Waals surface area contributed by atoms with Crippen LogP contribution in [0.4, 0.5) is 0 Å². The lowest BCUT2D eigenvalue weighted by Crippen LogP contribution is -2.34. The Hall–Kier alpha value is -1.64. The number of carbonyl (C=O) groups excluding carboxylic acids is 2. The summed E-state index contributed by atoms with van der Waals surface area (Å²) in [6, 6.07) is 9.10. The number of nitrogens with one attached hydrogen (secondary N) is 1. The first-order chi connectivity index (χ1) is 8.27. The molecule has 0 radical (unpaired) electrons. The summed E-state index contributed by atoms with van der Waals surface area (Å²) < 4.78 is 0. The van der Waals surface area contributed by atoms with Gasteiger partial charge in [0, 0.05) is 24.4 Å². The molecule has 0 aromatic heterocycles. The zero-order valence-electron chi connectivity index (χ0n) is 9.82. The van der Waals surface area contributed by atoms with Gasteiger partial charge in [-0.25, -0.2) is 0 Å². The van der Waals surface area contributed by atoms with Crippen LogP contribution in [0.5, 0.6) is 0 Å². The number of benzene rings is 1. The Balaban J connectivity index is 1.86. The summed E-state index contributed by atoms with van der Waals surface area (Å²) in [6.07, 6.45) is 3.68. The van der Waals surface area contributed by atoms with E-state index in [4.69, 9.17) is 0 Å². The van der Waals surface area contributed by atoms with E-state index >= 15 is 0 Å². The van der Waals surface area contributed by atoms with Gasteiger partial charge >= 0.3 is 0 Å². The van der Waals surface area contributed by atoms with Crippen LogP contribution in [0.1, 0.15) is 36.0 Å². The molecular formula is C14H17NO2. The SMILES string of the molecule is O=C(NCC1CCCCC1=O)c1ccccc1. The number of amides is 1. The van der Waals surface area contributed by atoms with E-state index in [0.29, 0.717) is 24.3 Å². The molecule has 1 aromatic rings. The van der Waals surface area contributed by atoms with E-state index in [-0.39, 0.29) is 11.8 Å². The molecule has 1 aliphatic rings. The zero-order chi connectivity index (χ0) is 12.1. The van der Waals surface area contributed by atoms with E-state index in [0.717, 1.165) is 19.3 Å². The van der Waals surface area contributed by atoms with Gasteiger partial charge < -0.3 is 5.32 Å². The summed E-state index contributed by atoms with van der Waals surface area (Å²) in [5.41, 5.74) is 0.649. The van der Waals surface area contributed by atoms with Crippen LogP contribution in [-0.4, -0.2) is 18.2 Å². The van der Waals surface area contributed by atoms with Gasteiger partial charge in [0.1, 0.15) is 5.78 Å². The molecule has 3 heteroatoms. The number of hydrogen-bond donors (Lipinski definition) is 1. The molecule has 0 heterocycles. The lowest BCUT2D eigenvalue weighted by atomic mass is 9.88. The molecule has 1 saturated carbocycles. The van der Waals surface area contributed by atoms with Crippen molar-refractivity contribution in [2.75, 3.05) is 6.54 Å². The maximum absolute atomic E-state index is 11.8. The fourth-order valence-corrected chi connectivity index (χ4v) is 2.18. The molecule has 1 fully saturated rings. The molecule has 1 N–H and O–H groups in total. The van der Waals surface area contributed by atoms with Gasteiger partial charge in [-0.1, -0.05) is 24.6 Å². The van der Waals surface area contributed by atoms with Crippen LogP contribution in [0.2, 0.25) is 0 Å². The molecule has 1 aromatic carbocycles. The van der Waals surface area contributed by atoms with Crippen molar-refractivity contribution in [3.05, 3.63) is 35.9 Å². The Bertz CT molecular complexity index is 400. The van der Waals surface area contributed by atoms with Gasteiger partial charge in [0.05, 0.1) is 0 Å². The number of Topliss-reactive ketones (excluding diaryl/α,β-unsaturated/α-hetero) is 1. The fourth-order valence-electron chi connectivity index (χ4n) is 2.18. The summed E-state index contributed by atoms with van der Waals surface area (Å²) in [5, 5.41) is 2.84. The molecule has 2 rings (SSSR count). The van der Waals surface area contributed by atoms with Crippen LogP contribution < -0.4 is 5.32 Å². The van der Waals surface area contributed by atoms with Crippen molar-refractivity contribution in [3.63, 3.8) is 0 Å². The highest BCUT2D eigenvalue weighted by atomic mass is 16.2. The van der Waals surface area contributed by atoms with E-state index in [1.807, 2.05) is 18.2 Å². The van der Waals surface area contributed by atoms with Crippen molar-refractivity contribution in [2.24, 2.45) is 5.92 Å². The summed E-state index contributed by atoms with van der Waals surface area (Å²) >= 11 is 0. The predicted octanol–water partition coefficient (Wildman–Crippen LogP) is 2.18. The number of carbonyl (C=O) groups is 2. The summed E-state index contributed by atoms with van der Waals surface area (Å²) in [4.78, 5) is 23.4. The van der Waals surface area contributed by atoms with Gasteiger partial charge in [-0.15, -0.1) is 0 Å². The van der Waals surface area contributed by atoms with Crippen molar-refractivity contribution < 1.29 is 9.59 Å². The second kappa shape index (κ2) is 5.62. The van der Waals surface area contributed by atoms with Gasteiger partial charge in [-0.2, -0.15) is 0 Å². The van der Waals surface area contributed by atoms with Gasteiger partial charge in [-0.3, -0.25) is 9.59 Å². The van der Waals surface area contributed by atoms with Crippen LogP contribution in [0.3, 0.4) is 0 Å². The van der Waals surface area contributed by atoms with E-state index < -0.39 is 0 Å². The Kier molecular flexibility index (Phi) is 3.91. The van der Waals surface area contributed by atoms with Crippen molar-refractivity contribution in [2.45, 2.75) is 25.7 Å². The van der Waals surface area contributed by atoms with Crippen molar-refractivity contribution >= 4 is 11.7 Å². The number of ketones is 1. The monoisotopic (exact) mass is 231 g/mol. The highest BCUT2D eigenvalue weighted by Gasteiger charge is 2.22. The standard InChI is InChI=1S/C14H17NO2/c16-13-9-5-4-8-12(13)10-15-14(17)11-6-2-1-3-7-11/h1-3,6-7,12H,4-5,8-10H2,(H,15,17). The molecule has 0 aliphatic heterocycles. The smallest absolute Gasteiger partial charge is 0.251 e. The minimum atomic E-state index is -0.0935. The highest BCUT2D eigenvalue weighted by Crippen LogP contribution is 2.19. The maximum atomic E-state index is 11.8. The average molecular weight is 231 g/mol. The Labute approximate surface area is 101 Å². The third kappa shape index (κ3) is 3.16.